The first-order valence-electron chi connectivity index (χ1n) is 6.20. The average molecular weight is 288 g/mol. The predicted octanol–water partition coefficient (Wildman–Crippen LogP) is 2.89. The van der Waals surface area contributed by atoms with Gasteiger partial charge in [0, 0.05) is 4.88 Å². The predicted molar refractivity (Wildman–Crippen MR) is 81.5 cm³/mol. The molecule has 2 aromatic rings. The van der Waals surface area contributed by atoms with Crippen molar-refractivity contribution in [1.29, 1.82) is 0 Å². The van der Waals surface area contributed by atoms with E-state index < -0.39 is 0 Å². The topological polar surface area (TPSA) is 50.7 Å². The average Bonchev–Trinajstić information content (AvgIpc) is 2.91. The Kier molecular flexibility index (Phi) is 4.90. The molecule has 1 aromatic heterocycles. The molecule has 104 valence electrons. The molecule has 0 fully saturated rings. The Labute approximate surface area is 122 Å². The number of thiophene rings is 1. The van der Waals surface area contributed by atoms with Crippen LogP contribution in [0.5, 0.6) is 5.75 Å². The van der Waals surface area contributed by atoms with Crippen LogP contribution in [0.1, 0.15) is 16.0 Å². The molecule has 2 rings (SSSR count). The standard InChI is InChI=1S/C15H16N2O2S/c1-11-5-6-14(12(2)8-11)19-10-15(18)17-16-9-13-4-3-7-20-13/h3-9H,10H2,1-2H3,(H,17,18). The van der Waals surface area contributed by atoms with E-state index in [1.54, 1.807) is 17.6 Å². The number of aryl methyl sites for hydroxylation is 2. The maximum absolute atomic E-state index is 11.6. The molecule has 0 aliphatic carbocycles. The lowest BCUT2D eigenvalue weighted by Crippen LogP contribution is -2.24. The quantitative estimate of drug-likeness (QED) is 0.679. The van der Waals surface area contributed by atoms with Gasteiger partial charge in [0.1, 0.15) is 5.75 Å². The van der Waals surface area contributed by atoms with Crippen molar-refractivity contribution in [1.82, 2.24) is 5.43 Å². The SMILES string of the molecule is Cc1ccc(OCC(=O)NN=Cc2cccs2)c(C)c1. The fourth-order valence-corrected chi connectivity index (χ4v) is 2.25. The van der Waals surface area contributed by atoms with Gasteiger partial charge in [-0.05, 0) is 36.9 Å². The van der Waals surface area contributed by atoms with E-state index in [1.165, 1.54) is 5.56 Å². The summed E-state index contributed by atoms with van der Waals surface area (Å²) in [6.45, 7) is 3.92. The number of nitrogens with zero attached hydrogens (tertiary/aromatic N) is 1. The highest BCUT2D eigenvalue weighted by Crippen LogP contribution is 2.18. The molecule has 5 heteroatoms. The zero-order valence-electron chi connectivity index (χ0n) is 11.4. The Morgan fingerprint density at radius 2 is 2.25 bits per heavy atom. The number of hydrogen-bond donors (Lipinski definition) is 1. The van der Waals surface area contributed by atoms with Crippen LogP contribution in [0.4, 0.5) is 0 Å². The van der Waals surface area contributed by atoms with Gasteiger partial charge in [-0.1, -0.05) is 23.8 Å². The molecule has 0 atom stereocenters. The highest BCUT2D eigenvalue weighted by molar-refractivity contribution is 7.11. The molecule has 0 spiro atoms. The third-order valence-electron chi connectivity index (χ3n) is 2.61. The summed E-state index contributed by atoms with van der Waals surface area (Å²) in [5.74, 6) is 0.436. The van der Waals surface area contributed by atoms with Crippen LogP contribution in [-0.4, -0.2) is 18.7 Å². The van der Waals surface area contributed by atoms with Crippen molar-refractivity contribution in [3.63, 3.8) is 0 Å². The summed E-state index contributed by atoms with van der Waals surface area (Å²) in [5.41, 5.74) is 4.61. The van der Waals surface area contributed by atoms with Crippen molar-refractivity contribution in [2.24, 2.45) is 5.10 Å². The van der Waals surface area contributed by atoms with Crippen LogP contribution in [0.15, 0.2) is 40.8 Å². The number of benzene rings is 1. The zero-order chi connectivity index (χ0) is 14.4. The van der Waals surface area contributed by atoms with E-state index in [-0.39, 0.29) is 12.5 Å². The van der Waals surface area contributed by atoms with E-state index in [0.717, 1.165) is 10.4 Å². The van der Waals surface area contributed by atoms with Crippen LogP contribution in [0.2, 0.25) is 0 Å². The normalized spacial score (nSPS) is 10.7. The van der Waals surface area contributed by atoms with Gasteiger partial charge in [-0.25, -0.2) is 5.43 Å². The summed E-state index contributed by atoms with van der Waals surface area (Å²) in [6, 6.07) is 9.69. The molecule has 1 heterocycles. The summed E-state index contributed by atoms with van der Waals surface area (Å²) < 4.78 is 5.46. The monoisotopic (exact) mass is 288 g/mol. The Hall–Kier alpha value is -2.14. The summed E-state index contributed by atoms with van der Waals surface area (Å²) >= 11 is 1.56. The Morgan fingerprint density at radius 1 is 1.40 bits per heavy atom. The maximum atomic E-state index is 11.6. The Morgan fingerprint density at radius 3 is 2.95 bits per heavy atom. The summed E-state index contributed by atoms with van der Waals surface area (Å²) in [5, 5.41) is 5.82. The minimum atomic E-state index is -0.280. The summed E-state index contributed by atoms with van der Waals surface area (Å²) in [6.07, 6.45) is 1.61. The van der Waals surface area contributed by atoms with E-state index in [9.17, 15) is 4.79 Å². The maximum Gasteiger partial charge on any atom is 0.277 e. The van der Waals surface area contributed by atoms with Gasteiger partial charge >= 0.3 is 0 Å². The van der Waals surface area contributed by atoms with Gasteiger partial charge in [0.25, 0.3) is 5.91 Å². The first-order valence-corrected chi connectivity index (χ1v) is 7.08. The van der Waals surface area contributed by atoms with Gasteiger partial charge in [0.05, 0.1) is 6.21 Å². The number of nitrogens with one attached hydrogen (secondary N) is 1. The van der Waals surface area contributed by atoms with Crippen LogP contribution in [-0.2, 0) is 4.79 Å². The van der Waals surface area contributed by atoms with Gasteiger partial charge < -0.3 is 4.74 Å². The molecule has 4 nitrogen and oxygen atoms in total. The second kappa shape index (κ2) is 6.86. The zero-order valence-corrected chi connectivity index (χ0v) is 12.2. The van der Waals surface area contributed by atoms with Gasteiger partial charge in [-0.2, -0.15) is 5.10 Å². The molecule has 20 heavy (non-hydrogen) atoms. The van der Waals surface area contributed by atoms with Gasteiger partial charge in [-0.3, -0.25) is 4.79 Å². The van der Waals surface area contributed by atoms with Crippen LogP contribution in [0.3, 0.4) is 0 Å². The molecule has 0 aliphatic rings. The van der Waals surface area contributed by atoms with Crippen molar-refractivity contribution in [2.75, 3.05) is 6.61 Å². The van der Waals surface area contributed by atoms with Crippen LogP contribution in [0.25, 0.3) is 0 Å². The number of amides is 1. The number of carbonyl (C=O) groups excluding carboxylic acids is 1. The van der Waals surface area contributed by atoms with E-state index in [4.69, 9.17) is 4.74 Å². The molecule has 0 unspecified atom stereocenters. The van der Waals surface area contributed by atoms with Gasteiger partial charge in [0.2, 0.25) is 0 Å². The third-order valence-corrected chi connectivity index (χ3v) is 3.42. The lowest BCUT2D eigenvalue weighted by molar-refractivity contribution is -0.123. The second-order valence-corrected chi connectivity index (χ2v) is 5.35. The fraction of sp³-hybridized carbons (Fsp3) is 0.200. The Bertz CT molecular complexity index is 606. The molecule has 1 aromatic carbocycles. The molecular formula is C15H16N2O2S. The first kappa shape index (κ1) is 14.3. The van der Waals surface area contributed by atoms with Crippen molar-refractivity contribution in [3.8, 4) is 5.75 Å². The molecule has 0 saturated carbocycles. The summed E-state index contributed by atoms with van der Waals surface area (Å²) in [7, 11) is 0. The smallest absolute Gasteiger partial charge is 0.277 e. The second-order valence-electron chi connectivity index (χ2n) is 4.37. The number of carbonyl (C=O) groups is 1. The van der Waals surface area contributed by atoms with Crippen molar-refractivity contribution < 1.29 is 9.53 Å². The molecule has 0 bridgehead atoms. The molecule has 1 amide bonds. The van der Waals surface area contributed by atoms with Gasteiger partial charge in [0.15, 0.2) is 6.61 Å². The number of hydrazone groups is 1. The Balaban J connectivity index is 1.80. The van der Waals surface area contributed by atoms with Gasteiger partial charge in [-0.15, -0.1) is 11.3 Å². The molecule has 0 aliphatic heterocycles. The van der Waals surface area contributed by atoms with Crippen molar-refractivity contribution >= 4 is 23.5 Å². The first-order chi connectivity index (χ1) is 9.65. The van der Waals surface area contributed by atoms with E-state index in [1.807, 2.05) is 49.6 Å². The van der Waals surface area contributed by atoms with Crippen molar-refractivity contribution in [3.05, 3.63) is 51.7 Å². The van der Waals surface area contributed by atoms with E-state index >= 15 is 0 Å². The van der Waals surface area contributed by atoms with Crippen LogP contribution >= 0.6 is 11.3 Å². The molecule has 1 N–H and O–H groups in total. The third kappa shape index (κ3) is 4.20. The number of rotatable bonds is 5. The largest absolute Gasteiger partial charge is 0.483 e. The van der Waals surface area contributed by atoms with Crippen LogP contribution in [0, 0.1) is 13.8 Å². The van der Waals surface area contributed by atoms with Crippen molar-refractivity contribution in [2.45, 2.75) is 13.8 Å². The number of ether oxygens (including phenoxy) is 1. The molecule has 0 saturated heterocycles. The molecular weight excluding hydrogens is 272 g/mol. The highest BCUT2D eigenvalue weighted by Gasteiger charge is 2.03. The number of hydrogen-bond acceptors (Lipinski definition) is 4. The summed E-state index contributed by atoms with van der Waals surface area (Å²) in [4.78, 5) is 12.6. The fourth-order valence-electron chi connectivity index (χ4n) is 1.67. The van der Waals surface area contributed by atoms with Crippen LogP contribution < -0.4 is 10.2 Å². The lowest BCUT2D eigenvalue weighted by atomic mass is 10.1. The highest BCUT2D eigenvalue weighted by atomic mass is 32.1. The van der Waals surface area contributed by atoms with E-state index in [2.05, 4.69) is 10.5 Å². The minimum absolute atomic E-state index is 0.0499. The lowest BCUT2D eigenvalue weighted by Gasteiger charge is -2.08. The minimum Gasteiger partial charge on any atom is -0.483 e. The molecule has 0 radical (unpaired) electrons. The van der Waals surface area contributed by atoms with E-state index in [0.29, 0.717) is 5.75 Å².